The third kappa shape index (κ3) is 1.19. The van der Waals surface area contributed by atoms with E-state index in [2.05, 4.69) is 6.08 Å². The van der Waals surface area contributed by atoms with Gasteiger partial charge in [-0.2, -0.15) is 0 Å². The lowest BCUT2D eigenvalue weighted by atomic mass is 9.89. The van der Waals surface area contributed by atoms with Crippen molar-refractivity contribution in [1.82, 2.24) is 0 Å². The topological polar surface area (TPSA) is 43.4 Å². The largest absolute Gasteiger partial charge is 0.451 e. The van der Waals surface area contributed by atoms with Crippen molar-refractivity contribution < 1.29 is 14.3 Å². The van der Waals surface area contributed by atoms with Crippen LogP contribution in [0, 0.1) is 11.8 Å². The molecule has 0 spiro atoms. The van der Waals surface area contributed by atoms with E-state index in [1.54, 1.807) is 0 Å². The van der Waals surface area contributed by atoms with Gasteiger partial charge in [0, 0.05) is 19.3 Å². The predicted molar refractivity (Wildman–Crippen MR) is 45.9 cm³/mol. The van der Waals surface area contributed by atoms with E-state index in [1.165, 1.54) is 6.92 Å². The van der Waals surface area contributed by atoms with Crippen LogP contribution in [0.3, 0.4) is 0 Å². The first-order chi connectivity index (χ1) is 6.16. The van der Waals surface area contributed by atoms with Crippen LogP contribution in [0.15, 0.2) is 12.2 Å². The molecule has 0 saturated heterocycles. The van der Waals surface area contributed by atoms with Crippen LogP contribution in [-0.2, 0) is 14.3 Å². The standard InChI is InChI=1S/C10H12O3/c1-7(12)13-10(6-11)5-8-2-3-9(10)4-8/h2-3,6,8-9H,4-5H2,1H3. The quantitative estimate of drug-likeness (QED) is 0.363. The number of hydrogen-bond donors (Lipinski definition) is 0. The van der Waals surface area contributed by atoms with Crippen LogP contribution in [0.2, 0.25) is 0 Å². The van der Waals surface area contributed by atoms with E-state index < -0.39 is 5.60 Å². The van der Waals surface area contributed by atoms with E-state index in [9.17, 15) is 9.59 Å². The van der Waals surface area contributed by atoms with Gasteiger partial charge in [-0.1, -0.05) is 12.2 Å². The Morgan fingerprint density at radius 3 is 2.77 bits per heavy atom. The zero-order valence-corrected chi connectivity index (χ0v) is 7.53. The lowest BCUT2D eigenvalue weighted by Crippen LogP contribution is -2.40. The van der Waals surface area contributed by atoms with Gasteiger partial charge < -0.3 is 4.74 Å². The molecule has 2 aliphatic carbocycles. The summed E-state index contributed by atoms with van der Waals surface area (Å²) in [6, 6.07) is 0. The fourth-order valence-corrected chi connectivity index (χ4v) is 2.39. The Morgan fingerprint density at radius 2 is 2.38 bits per heavy atom. The van der Waals surface area contributed by atoms with Crippen LogP contribution in [0.25, 0.3) is 0 Å². The van der Waals surface area contributed by atoms with Crippen molar-refractivity contribution >= 4 is 12.3 Å². The van der Waals surface area contributed by atoms with Gasteiger partial charge in [0.05, 0.1) is 0 Å². The first-order valence-corrected chi connectivity index (χ1v) is 4.50. The number of allylic oxidation sites excluding steroid dienone is 1. The van der Waals surface area contributed by atoms with E-state index in [-0.39, 0.29) is 11.9 Å². The Hall–Kier alpha value is -1.12. The molecule has 2 bridgehead atoms. The van der Waals surface area contributed by atoms with Gasteiger partial charge in [0.15, 0.2) is 11.9 Å². The van der Waals surface area contributed by atoms with Crippen LogP contribution in [0.4, 0.5) is 0 Å². The van der Waals surface area contributed by atoms with Crippen molar-refractivity contribution in [3.63, 3.8) is 0 Å². The molecule has 0 aromatic heterocycles. The molecule has 0 radical (unpaired) electrons. The summed E-state index contributed by atoms with van der Waals surface area (Å²) in [5.74, 6) is 0.168. The molecule has 3 atom stereocenters. The molecule has 1 fully saturated rings. The third-order valence-electron chi connectivity index (χ3n) is 2.91. The van der Waals surface area contributed by atoms with Gasteiger partial charge in [-0.15, -0.1) is 0 Å². The van der Waals surface area contributed by atoms with Crippen LogP contribution >= 0.6 is 0 Å². The van der Waals surface area contributed by atoms with Gasteiger partial charge in [0.1, 0.15) is 0 Å². The summed E-state index contributed by atoms with van der Waals surface area (Å²) in [5, 5.41) is 0. The van der Waals surface area contributed by atoms with Gasteiger partial charge in [0.25, 0.3) is 0 Å². The number of rotatable bonds is 2. The first kappa shape index (κ1) is 8.48. The maximum Gasteiger partial charge on any atom is 0.303 e. The van der Waals surface area contributed by atoms with Gasteiger partial charge >= 0.3 is 5.97 Å². The molecule has 0 aliphatic heterocycles. The van der Waals surface area contributed by atoms with Crippen LogP contribution in [0.5, 0.6) is 0 Å². The van der Waals surface area contributed by atoms with Crippen LogP contribution < -0.4 is 0 Å². The van der Waals surface area contributed by atoms with Crippen molar-refractivity contribution in [2.75, 3.05) is 0 Å². The molecule has 0 heterocycles. The molecule has 1 saturated carbocycles. The normalized spacial score (nSPS) is 40.7. The van der Waals surface area contributed by atoms with Crippen molar-refractivity contribution in [2.24, 2.45) is 11.8 Å². The fourth-order valence-electron chi connectivity index (χ4n) is 2.39. The van der Waals surface area contributed by atoms with Crippen molar-refractivity contribution in [1.29, 1.82) is 0 Å². The molecule has 3 heteroatoms. The molecule has 2 aliphatic rings. The maximum absolute atomic E-state index is 10.9. The minimum Gasteiger partial charge on any atom is -0.451 e. The number of aldehydes is 1. The second kappa shape index (κ2) is 2.69. The third-order valence-corrected chi connectivity index (χ3v) is 2.91. The average Bonchev–Trinajstić information content (AvgIpc) is 2.62. The summed E-state index contributed by atoms with van der Waals surface area (Å²) in [6.45, 7) is 1.35. The van der Waals surface area contributed by atoms with E-state index in [0.29, 0.717) is 12.3 Å². The Balaban J connectivity index is 2.22. The molecular weight excluding hydrogens is 168 g/mol. The Bertz CT molecular complexity index is 282. The highest BCUT2D eigenvalue weighted by molar-refractivity contribution is 5.74. The molecule has 0 amide bonds. The van der Waals surface area contributed by atoms with E-state index in [0.717, 1.165) is 12.7 Å². The smallest absolute Gasteiger partial charge is 0.303 e. The maximum atomic E-state index is 10.9. The van der Waals surface area contributed by atoms with Gasteiger partial charge in [-0.05, 0) is 12.3 Å². The predicted octanol–water partition coefficient (Wildman–Crippen LogP) is 1.08. The Labute approximate surface area is 76.8 Å². The summed E-state index contributed by atoms with van der Waals surface area (Å²) in [4.78, 5) is 21.8. The highest BCUT2D eigenvalue weighted by Crippen LogP contribution is 2.47. The summed E-state index contributed by atoms with van der Waals surface area (Å²) in [5.41, 5.74) is -0.842. The Kier molecular flexibility index (Phi) is 1.75. The second-order valence-corrected chi connectivity index (χ2v) is 3.86. The summed E-state index contributed by atoms with van der Waals surface area (Å²) in [6.07, 6.45) is 6.51. The SMILES string of the molecule is CC(=O)OC1(C=O)CC2C=CC1C2. The fraction of sp³-hybridized carbons (Fsp3) is 0.600. The average molecular weight is 180 g/mol. The molecule has 0 aromatic carbocycles. The number of carbonyl (C=O) groups excluding carboxylic acids is 2. The molecule has 3 unspecified atom stereocenters. The lowest BCUT2D eigenvalue weighted by molar-refractivity contribution is -0.163. The highest BCUT2D eigenvalue weighted by atomic mass is 16.6. The minimum atomic E-state index is -0.842. The molecule has 0 N–H and O–H groups in total. The minimum absolute atomic E-state index is 0.110. The molecule has 3 nitrogen and oxygen atoms in total. The van der Waals surface area contributed by atoms with E-state index in [1.807, 2.05) is 6.08 Å². The molecule has 70 valence electrons. The Morgan fingerprint density at radius 1 is 1.62 bits per heavy atom. The molecule has 0 aromatic rings. The van der Waals surface area contributed by atoms with Gasteiger partial charge in [0.2, 0.25) is 0 Å². The van der Waals surface area contributed by atoms with E-state index in [4.69, 9.17) is 4.74 Å². The zero-order chi connectivity index (χ0) is 9.47. The zero-order valence-electron chi connectivity index (χ0n) is 7.53. The summed E-state index contributed by atoms with van der Waals surface area (Å²) >= 11 is 0. The van der Waals surface area contributed by atoms with Gasteiger partial charge in [-0.25, -0.2) is 0 Å². The summed E-state index contributed by atoms with van der Waals surface area (Å²) in [7, 11) is 0. The number of ether oxygens (including phenoxy) is 1. The number of carbonyl (C=O) groups is 2. The molecule has 2 rings (SSSR count). The molecular formula is C10H12O3. The summed E-state index contributed by atoms with van der Waals surface area (Å²) < 4.78 is 5.12. The monoisotopic (exact) mass is 180 g/mol. The van der Waals surface area contributed by atoms with Gasteiger partial charge in [-0.3, -0.25) is 9.59 Å². The van der Waals surface area contributed by atoms with Crippen molar-refractivity contribution in [3.05, 3.63) is 12.2 Å². The van der Waals surface area contributed by atoms with Crippen molar-refractivity contribution in [2.45, 2.75) is 25.4 Å². The van der Waals surface area contributed by atoms with Crippen LogP contribution in [0.1, 0.15) is 19.8 Å². The number of esters is 1. The molecule has 13 heavy (non-hydrogen) atoms. The lowest BCUT2D eigenvalue weighted by Gasteiger charge is -2.28. The highest BCUT2D eigenvalue weighted by Gasteiger charge is 2.51. The van der Waals surface area contributed by atoms with Crippen LogP contribution in [-0.4, -0.2) is 17.9 Å². The van der Waals surface area contributed by atoms with E-state index >= 15 is 0 Å². The number of hydrogen-bond acceptors (Lipinski definition) is 3. The second-order valence-electron chi connectivity index (χ2n) is 3.86. The number of fused-ring (bicyclic) bond motifs is 2. The first-order valence-electron chi connectivity index (χ1n) is 4.50. The van der Waals surface area contributed by atoms with Crippen molar-refractivity contribution in [3.8, 4) is 0 Å².